The Morgan fingerprint density at radius 1 is 1.25 bits per heavy atom. The van der Waals surface area contributed by atoms with Gasteiger partial charge in [0.1, 0.15) is 11.6 Å². The number of alkyl carbamates (subject to hydrolysis) is 1. The first-order valence-corrected chi connectivity index (χ1v) is 9.32. The fraction of sp³-hybridized carbons (Fsp3) is 0.500. The molecule has 8 nitrogen and oxygen atoms in total. The molecule has 2 aromatic heterocycles. The van der Waals surface area contributed by atoms with Crippen LogP contribution in [0.1, 0.15) is 44.6 Å². The van der Waals surface area contributed by atoms with Gasteiger partial charge in [0, 0.05) is 18.4 Å². The molecule has 2 amide bonds. The van der Waals surface area contributed by atoms with Crippen LogP contribution in [0, 0.1) is 13.8 Å². The molecular formula is C20H29N5O3. The molecule has 1 atom stereocenters. The van der Waals surface area contributed by atoms with Crippen LogP contribution >= 0.6 is 0 Å². The average Bonchev–Trinajstić information content (AvgIpc) is 2.88. The predicted molar refractivity (Wildman–Crippen MR) is 106 cm³/mol. The Morgan fingerprint density at radius 3 is 2.57 bits per heavy atom. The van der Waals surface area contributed by atoms with Crippen LogP contribution < -0.4 is 10.6 Å². The van der Waals surface area contributed by atoms with E-state index in [9.17, 15) is 9.59 Å². The van der Waals surface area contributed by atoms with E-state index in [0.717, 1.165) is 22.8 Å². The van der Waals surface area contributed by atoms with Crippen LogP contribution in [-0.4, -0.2) is 45.0 Å². The molecule has 8 heteroatoms. The van der Waals surface area contributed by atoms with Crippen molar-refractivity contribution in [2.24, 2.45) is 0 Å². The molecule has 1 unspecified atom stereocenters. The van der Waals surface area contributed by atoms with Gasteiger partial charge in [-0.1, -0.05) is 6.07 Å². The van der Waals surface area contributed by atoms with Crippen molar-refractivity contribution in [3.63, 3.8) is 0 Å². The van der Waals surface area contributed by atoms with E-state index in [1.165, 1.54) is 0 Å². The molecule has 2 N–H and O–H groups in total. The summed E-state index contributed by atoms with van der Waals surface area (Å²) in [6.07, 6.45) is 1.75. The third-order valence-corrected chi connectivity index (χ3v) is 4.11. The molecule has 2 heterocycles. The number of hydrogen-bond donors (Lipinski definition) is 2. The quantitative estimate of drug-likeness (QED) is 0.793. The molecule has 0 aliphatic carbocycles. The third kappa shape index (κ3) is 5.80. The number of hydrogen-bond acceptors (Lipinski definition) is 5. The van der Waals surface area contributed by atoms with E-state index in [0.29, 0.717) is 13.0 Å². The van der Waals surface area contributed by atoms with Crippen molar-refractivity contribution in [2.45, 2.75) is 59.6 Å². The van der Waals surface area contributed by atoms with Crippen LogP contribution in [-0.2, 0) is 16.0 Å². The van der Waals surface area contributed by atoms with E-state index in [1.807, 2.05) is 32.0 Å². The summed E-state index contributed by atoms with van der Waals surface area (Å²) in [5.41, 5.74) is 2.35. The highest BCUT2D eigenvalue weighted by Gasteiger charge is 2.21. The molecular weight excluding hydrogens is 358 g/mol. The highest BCUT2D eigenvalue weighted by Crippen LogP contribution is 2.16. The molecule has 0 fully saturated rings. The molecule has 0 aliphatic heterocycles. The van der Waals surface area contributed by atoms with Gasteiger partial charge in [-0.3, -0.25) is 4.79 Å². The minimum Gasteiger partial charge on any atom is -0.444 e. The van der Waals surface area contributed by atoms with Crippen molar-refractivity contribution in [1.82, 2.24) is 25.4 Å². The summed E-state index contributed by atoms with van der Waals surface area (Å²) in [7, 11) is 0. The Hall–Kier alpha value is -2.90. The van der Waals surface area contributed by atoms with E-state index in [4.69, 9.17) is 4.74 Å². The number of aryl methyl sites for hydroxylation is 1. The van der Waals surface area contributed by atoms with Crippen LogP contribution in [0.25, 0.3) is 5.82 Å². The van der Waals surface area contributed by atoms with Crippen LogP contribution in [0.4, 0.5) is 4.79 Å². The first-order chi connectivity index (χ1) is 13.1. The summed E-state index contributed by atoms with van der Waals surface area (Å²) in [6, 6.07) is 4.98. The van der Waals surface area contributed by atoms with Gasteiger partial charge in [-0.05, 0) is 65.7 Å². The van der Waals surface area contributed by atoms with Crippen LogP contribution in [0.5, 0.6) is 0 Å². The SMILES string of the molecule is Cc1nn(-c2ccccn2)c(C)c1CCNC(=O)C(C)NC(=O)OC(C)(C)C. The summed E-state index contributed by atoms with van der Waals surface area (Å²) in [5.74, 6) is 0.492. The molecule has 0 aromatic carbocycles. The fourth-order valence-corrected chi connectivity index (χ4v) is 2.75. The van der Waals surface area contributed by atoms with Gasteiger partial charge in [0.05, 0.1) is 5.69 Å². The second-order valence-electron chi connectivity index (χ2n) is 7.66. The van der Waals surface area contributed by atoms with Gasteiger partial charge < -0.3 is 15.4 Å². The molecule has 152 valence electrons. The summed E-state index contributed by atoms with van der Waals surface area (Å²) in [5, 5.41) is 9.93. The smallest absolute Gasteiger partial charge is 0.408 e. The van der Waals surface area contributed by atoms with Crippen LogP contribution in [0.15, 0.2) is 24.4 Å². The first kappa shape index (κ1) is 21.4. The maximum atomic E-state index is 12.2. The lowest BCUT2D eigenvalue weighted by atomic mass is 10.1. The summed E-state index contributed by atoms with van der Waals surface area (Å²) in [6.45, 7) is 11.3. The molecule has 0 saturated heterocycles. The number of carbonyl (C=O) groups excluding carboxylic acids is 2. The monoisotopic (exact) mass is 387 g/mol. The summed E-state index contributed by atoms with van der Waals surface area (Å²) < 4.78 is 6.97. The van der Waals surface area contributed by atoms with E-state index < -0.39 is 17.7 Å². The van der Waals surface area contributed by atoms with E-state index in [2.05, 4.69) is 20.7 Å². The number of aromatic nitrogens is 3. The fourth-order valence-electron chi connectivity index (χ4n) is 2.75. The number of carbonyl (C=O) groups is 2. The van der Waals surface area contributed by atoms with Gasteiger partial charge in [0.15, 0.2) is 5.82 Å². The number of nitrogens with one attached hydrogen (secondary N) is 2. The minimum absolute atomic E-state index is 0.265. The van der Waals surface area contributed by atoms with Crippen LogP contribution in [0.2, 0.25) is 0 Å². The van der Waals surface area contributed by atoms with Gasteiger partial charge >= 0.3 is 6.09 Å². The third-order valence-electron chi connectivity index (χ3n) is 4.11. The van der Waals surface area contributed by atoms with Crippen molar-refractivity contribution in [1.29, 1.82) is 0 Å². The van der Waals surface area contributed by atoms with Crippen molar-refractivity contribution in [3.8, 4) is 5.82 Å². The maximum Gasteiger partial charge on any atom is 0.408 e. The Labute approximate surface area is 165 Å². The summed E-state index contributed by atoms with van der Waals surface area (Å²) in [4.78, 5) is 28.3. The zero-order valence-corrected chi connectivity index (χ0v) is 17.4. The molecule has 0 aliphatic rings. The molecule has 0 bridgehead atoms. The molecule has 2 rings (SSSR count). The lowest BCUT2D eigenvalue weighted by Gasteiger charge is -2.21. The van der Waals surface area contributed by atoms with Gasteiger partial charge in [-0.15, -0.1) is 0 Å². The topological polar surface area (TPSA) is 98.1 Å². The standard InChI is InChI=1S/C20H29N5O3/c1-13-16(15(3)25(24-13)17-9-7-8-11-21-17)10-12-22-18(26)14(2)23-19(27)28-20(4,5)6/h7-9,11,14H,10,12H2,1-6H3,(H,22,26)(H,23,27). The van der Waals surface area contributed by atoms with Gasteiger partial charge in [0.2, 0.25) is 5.91 Å². The van der Waals surface area contributed by atoms with Crippen LogP contribution in [0.3, 0.4) is 0 Å². The normalized spacial score (nSPS) is 12.4. The van der Waals surface area contributed by atoms with E-state index >= 15 is 0 Å². The highest BCUT2D eigenvalue weighted by atomic mass is 16.6. The lowest BCUT2D eigenvalue weighted by Crippen LogP contribution is -2.46. The van der Waals surface area contributed by atoms with E-state index in [1.54, 1.807) is 38.6 Å². The Morgan fingerprint density at radius 2 is 1.96 bits per heavy atom. The second-order valence-corrected chi connectivity index (χ2v) is 7.66. The lowest BCUT2D eigenvalue weighted by molar-refractivity contribution is -0.122. The number of nitrogens with zero attached hydrogens (tertiary/aromatic N) is 3. The highest BCUT2D eigenvalue weighted by molar-refractivity contribution is 5.85. The molecule has 0 spiro atoms. The van der Waals surface area contributed by atoms with Crippen molar-refractivity contribution in [2.75, 3.05) is 6.54 Å². The molecule has 0 saturated carbocycles. The first-order valence-electron chi connectivity index (χ1n) is 9.32. The number of rotatable bonds is 6. The van der Waals surface area contributed by atoms with E-state index in [-0.39, 0.29) is 5.91 Å². The number of amides is 2. The molecule has 28 heavy (non-hydrogen) atoms. The number of pyridine rings is 1. The Bertz CT molecular complexity index is 824. The molecule has 2 aromatic rings. The van der Waals surface area contributed by atoms with Crippen molar-refractivity contribution < 1.29 is 14.3 Å². The average molecular weight is 387 g/mol. The number of ether oxygens (including phenoxy) is 1. The minimum atomic E-state index is -0.687. The Balaban J connectivity index is 1.90. The molecule has 0 radical (unpaired) electrons. The van der Waals surface area contributed by atoms with Gasteiger partial charge in [0.25, 0.3) is 0 Å². The van der Waals surface area contributed by atoms with Gasteiger partial charge in [-0.2, -0.15) is 5.10 Å². The zero-order chi connectivity index (χ0) is 20.9. The van der Waals surface area contributed by atoms with Crippen molar-refractivity contribution >= 4 is 12.0 Å². The predicted octanol–water partition coefficient (Wildman–Crippen LogP) is 2.46. The largest absolute Gasteiger partial charge is 0.444 e. The summed E-state index contributed by atoms with van der Waals surface area (Å²) >= 11 is 0. The zero-order valence-electron chi connectivity index (χ0n) is 17.4. The Kier molecular flexibility index (Phi) is 6.77. The van der Waals surface area contributed by atoms with Crippen molar-refractivity contribution in [3.05, 3.63) is 41.3 Å². The van der Waals surface area contributed by atoms with Gasteiger partial charge in [-0.25, -0.2) is 14.5 Å². The second kappa shape index (κ2) is 8.86. The maximum absolute atomic E-state index is 12.2.